The number of pyridine rings is 3. The Morgan fingerprint density at radius 1 is 0.926 bits per heavy atom. The predicted molar refractivity (Wildman–Crippen MR) is 194 cm³/mol. The van der Waals surface area contributed by atoms with Gasteiger partial charge < -0.3 is 20.5 Å². The first-order chi connectivity index (χ1) is 26.0. The van der Waals surface area contributed by atoms with Crippen LogP contribution in [-0.2, 0) is 22.6 Å². The topological polar surface area (TPSA) is 190 Å². The molecule has 3 fully saturated rings. The Morgan fingerprint density at radius 3 is 2.39 bits per heavy atom. The molecule has 1 aliphatic carbocycles. The van der Waals surface area contributed by atoms with E-state index in [0.717, 1.165) is 71.5 Å². The molecule has 4 aliphatic rings. The third kappa shape index (κ3) is 6.68. The lowest BCUT2D eigenvalue weighted by molar-refractivity contribution is -0.136. The number of aromatic amines is 1. The third-order valence-corrected chi connectivity index (χ3v) is 10.7. The molecule has 8 rings (SSSR count). The molecule has 0 radical (unpaired) electrons. The summed E-state index contributed by atoms with van der Waals surface area (Å²) in [6, 6.07) is 8.21. The highest BCUT2D eigenvalue weighted by molar-refractivity contribution is 6.23. The number of aromatic nitrogens is 3. The van der Waals surface area contributed by atoms with Crippen LogP contribution >= 0.6 is 0 Å². The number of anilines is 2. The van der Waals surface area contributed by atoms with E-state index in [9.17, 15) is 28.8 Å². The van der Waals surface area contributed by atoms with Crippen LogP contribution in [0.25, 0.3) is 11.0 Å². The quantitative estimate of drug-likeness (QED) is 0.184. The zero-order chi connectivity index (χ0) is 37.7. The second-order valence-electron chi connectivity index (χ2n) is 14.2. The molecular weight excluding hydrogens is 697 g/mol. The molecule has 1 saturated carbocycles. The van der Waals surface area contributed by atoms with Gasteiger partial charge in [-0.1, -0.05) is 6.92 Å². The van der Waals surface area contributed by atoms with Crippen LogP contribution in [0, 0.1) is 5.82 Å². The number of nitrogens with one attached hydrogen (secondary N) is 4. The lowest BCUT2D eigenvalue weighted by atomic mass is 9.86. The molecule has 15 nitrogen and oxygen atoms in total. The molecule has 0 spiro atoms. The van der Waals surface area contributed by atoms with E-state index in [0.29, 0.717) is 19.3 Å². The Balaban J connectivity index is 0.803. The number of aryl methyl sites for hydroxylation is 1. The minimum atomic E-state index is -1.14. The van der Waals surface area contributed by atoms with Gasteiger partial charge in [0.2, 0.25) is 11.8 Å². The SMILES string of the molecule is CCc1cc2ncc(CN3CCN(c4ccc(C(=O)NC5CC(Nc6cc7c(cc6F)C(=O)N(C6CCC(=O)NC6=O)C7=O)C5)nc4)CC3)cc2[nH]c1=O. The van der Waals surface area contributed by atoms with E-state index in [1.807, 2.05) is 31.3 Å². The summed E-state index contributed by atoms with van der Waals surface area (Å²) in [4.78, 5) is 92.5. The fourth-order valence-corrected chi connectivity index (χ4v) is 7.58. The van der Waals surface area contributed by atoms with Crippen molar-refractivity contribution in [2.24, 2.45) is 0 Å². The summed E-state index contributed by atoms with van der Waals surface area (Å²) >= 11 is 0. The van der Waals surface area contributed by atoms with Gasteiger partial charge in [-0.25, -0.2) is 9.37 Å². The van der Waals surface area contributed by atoms with E-state index in [4.69, 9.17) is 0 Å². The van der Waals surface area contributed by atoms with Crippen LogP contribution in [0.1, 0.15) is 74.9 Å². The molecule has 2 saturated heterocycles. The average Bonchev–Trinajstić information content (AvgIpc) is 3.38. The molecule has 1 aromatic carbocycles. The largest absolute Gasteiger partial charge is 0.380 e. The van der Waals surface area contributed by atoms with Crippen molar-refractivity contribution >= 4 is 51.9 Å². The van der Waals surface area contributed by atoms with Crippen LogP contribution < -0.4 is 26.4 Å². The summed E-state index contributed by atoms with van der Waals surface area (Å²) in [6.45, 7) is 5.89. The number of piperazine rings is 1. The third-order valence-electron chi connectivity index (χ3n) is 10.7. The van der Waals surface area contributed by atoms with E-state index in [1.54, 1.807) is 12.3 Å². The van der Waals surface area contributed by atoms with E-state index in [1.165, 1.54) is 6.07 Å². The first kappa shape index (κ1) is 35.0. The minimum absolute atomic E-state index is 0.00854. The molecular formula is C38H38FN9O6. The van der Waals surface area contributed by atoms with Crippen LogP contribution in [-0.4, -0.2) is 98.6 Å². The number of hydrogen-bond donors (Lipinski definition) is 4. The molecule has 278 valence electrons. The fraction of sp³-hybridized carbons (Fsp3) is 0.368. The molecule has 6 heterocycles. The second-order valence-corrected chi connectivity index (χ2v) is 14.2. The van der Waals surface area contributed by atoms with Gasteiger partial charge in [0.15, 0.2) is 0 Å². The highest BCUT2D eigenvalue weighted by Crippen LogP contribution is 2.33. The van der Waals surface area contributed by atoms with Crippen molar-refractivity contribution in [3.63, 3.8) is 0 Å². The van der Waals surface area contributed by atoms with Gasteiger partial charge in [0, 0.05) is 63.0 Å². The summed E-state index contributed by atoms with van der Waals surface area (Å²) in [7, 11) is 0. The van der Waals surface area contributed by atoms with Gasteiger partial charge >= 0.3 is 0 Å². The Bertz CT molecular complexity index is 2260. The van der Waals surface area contributed by atoms with Crippen molar-refractivity contribution in [1.29, 1.82) is 0 Å². The summed E-state index contributed by atoms with van der Waals surface area (Å²) in [6.07, 6.45) is 5.23. The summed E-state index contributed by atoms with van der Waals surface area (Å²) in [5, 5.41) is 8.17. The first-order valence-corrected chi connectivity index (χ1v) is 18.1. The van der Waals surface area contributed by atoms with Crippen LogP contribution in [0.4, 0.5) is 15.8 Å². The van der Waals surface area contributed by atoms with E-state index in [2.05, 4.69) is 40.7 Å². The number of carbonyl (C=O) groups excluding carboxylic acids is 5. The molecule has 5 amide bonds. The maximum atomic E-state index is 15.1. The first-order valence-electron chi connectivity index (χ1n) is 18.1. The molecule has 1 atom stereocenters. The molecule has 4 N–H and O–H groups in total. The highest BCUT2D eigenvalue weighted by Gasteiger charge is 2.45. The predicted octanol–water partition coefficient (Wildman–Crippen LogP) is 2.12. The number of hydrogen-bond acceptors (Lipinski definition) is 11. The van der Waals surface area contributed by atoms with Gasteiger partial charge in [0.1, 0.15) is 17.6 Å². The zero-order valence-corrected chi connectivity index (χ0v) is 29.5. The van der Waals surface area contributed by atoms with Crippen molar-refractivity contribution in [1.82, 2.24) is 35.4 Å². The van der Waals surface area contributed by atoms with Crippen LogP contribution in [0.15, 0.2) is 53.6 Å². The fourth-order valence-electron chi connectivity index (χ4n) is 7.58. The average molecular weight is 736 g/mol. The van der Waals surface area contributed by atoms with Gasteiger partial charge in [0.25, 0.3) is 23.3 Å². The molecule has 1 unspecified atom stereocenters. The Kier molecular flexibility index (Phi) is 9.13. The van der Waals surface area contributed by atoms with Gasteiger partial charge in [-0.2, -0.15) is 0 Å². The minimum Gasteiger partial charge on any atom is -0.380 e. The maximum absolute atomic E-state index is 15.1. The van der Waals surface area contributed by atoms with Crippen molar-refractivity contribution in [3.05, 3.63) is 92.9 Å². The summed E-state index contributed by atoms with van der Waals surface area (Å²) in [5.41, 5.74) is 4.31. The second kappa shape index (κ2) is 14.1. The van der Waals surface area contributed by atoms with E-state index in [-0.39, 0.29) is 58.9 Å². The molecule has 4 aromatic rings. The number of imide groups is 2. The van der Waals surface area contributed by atoms with Gasteiger partial charge in [-0.15, -0.1) is 0 Å². The van der Waals surface area contributed by atoms with Crippen molar-refractivity contribution in [2.45, 2.75) is 63.7 Å². The molecule has 3 aromatic heterocycles. The Hall–Kier alpha value is -6.03. The van der Waals surface area contributed by atoms with E-state index >= 15 is 4.39 Å². The number of nitrogens with zero attached hydrogens (tertiary/aromatic N) is 5. The lowest BCUT2D eigenvalue weighted by Gasteiger charge is -2.37. The van der Waals surface area contributed by atoms with Crippen molar-refractivity contribution in [3.8, 4) is 0 Å². The smallest absolute Gasteiger partial charge is 0.270 e. The number of carbonyl (C=O) groups is 5. The number of fused-ring (bicyclic) bond motifs is 2. The maximum Gasteiger partial charge on any atom is 0.270 e. The standard InChI is InChI=1S/C38H38FN9O6/c1-2-21-12-30-31(44-34(21)50)11-20(17-40-30)19-46-7-9-47(10-8-46)24-3-4-28(41-18-24)35(51)43-23-13-22(14-23)42-29-16-26-25(15-27(29)39)37(53)48(38(26)54)32-5-6-33(49)45-36(32)52/h3-4,11-12,15-18,22-23,32,42H,2,5-10,13-14,19H2,1H3,(H,43,51)(H,44,50)(H,45,49,52). The van der Waals surface area contributed by atoms with Gasteiger partial charge in [0.05, 0.1) is 39.7 Å². The van der Waals surface area contributed by atoms with E-state index < -0.39 is 35.5 Å². The molecule has 54 heavy (non-hydrogen) atoms. The number of amides is 5. The number of rotatable bonds is 9. The Labute approximate surface area is 308 Å². The number of halogens is 1. The number of piperidine rings is 1. The van der Waals surface area contributed by atoms with Crippen molar-refractivity contribution < 1.29 is 28.4 Å². The summed E-state index contributed by atoms with van der Waals surface area (Å²) in [5.74, 6) is -3.73. The summed E-state index contributed by atoms with van der Waals surface area (Å²) < 4.78 is 15.1. The normalized spacial score (nSPS) is 21.6. The highest BCUT2D eigenvalue weighted by atomic mass is 19.1. The van der Waals surface area contributed by atoms with Crippen LogP contribution in [0.2, 0.25) is 0 Å². The molecule has 16 heteroatoms. The lowest BCUT2D eigenvalue weighted by Crippen LogP contribution is -2.54. The monoisotopic (exact) mass is 735 g/mol. The van der Waals surface area contributed by atoms with Crippen LogP contribution in [0.5, 0.6) is 0 Å². The number of benzene rings is 1. The van der Waals surface area contributed by atoms with Crippen LogP contribution in [0.3, 0.4) is 0 Å². The zero-order valence-electron chi connectivity index (χ0n) is 29.5. The Morgan fingerprint density at radius 2 is 1.69 bits per heavy atom. The molecule has 0 bridgehead atoms. The van der Waals surface area contributed by atoms with Crippen molar-refractivity contribution in [2.75, 3.05) is 36.4 Å². The van der Waals surface area contributed by atoms with Gasteiger partial charge in [-0.3, -0.25) is 48.9 Å². The number of H-pyrrole nitrogens is 1. The molecule has 3 aliphatic heterocycles. The van der Waals surface area contributed by atoms with Gasteiger partial charge in [-0.05, 0) is 67.6 Å².